The highest BCUT2D eigenvalue weighted by atomic mass is 16.6. The molecule has 0 radical (unpaired) electrons. The average molecular weight is 465 g/mol. The first kappa shape index (κ1) is 22.4. The summed E-state index contributed by atoms with van der Waals surface area (Å²) < 4.78 is 11.1. The van der Waals surface area contributed by atoms with Crippen LogP contribution in [0, 0.1) is 5.92 Å². The van der Waals surface area contributed by atoms with Crippen molar-refractivity contribution in [2.75, 3.05) is 19.8 Å². The van der Waals surface area contributed by atoms with Crippen molar-refractivity contribution in [1.82, 2.24) is 10.6 Å². The molecule has 8 nitrogen and oxygen atoms in total. The standard InChI is InChI=1S/C26H28N2O6/c29-23(30)20-10-5-11-22(20)27-24(31)26(12-13-33-15-26)28-25(32)34-14-21-18-8-3-1-6-16(18)17-7-2-4-9-19(17)21/h1-4,6-9,20-22H,5,10-15H2,(H,27,31)(H,28,32)(H,29,30)/t20-,22+,26?/m0/s1. The van der Waals surface area contributed by atoms with Crippen LogP contribution < -0.4 is 10.6 Å². The topological polar surface area (TPSA) is 114 Å². The molecule has 0 bridgehead atoms. The molecule has 5 rings (SSSR count). The molecule has 2 aliphatic carbocycles. The normalized spacial score (nSPS) is 25.4. The van der Waals surface area contributed by atoms with Gasteiger partial charge < -0.3 is 25.2 Å². The van der Waals surface area contributed by atoms with Gasteiger partial charge in [0.2, 0.25) is 5.91 Å². The van der Waals surface area contributed by atoms with Crippen molar-refractivity contribution in [1.29, 1.82) is 0 Å². The summed E-state index contributed by atoms with van der Waals surface area (Å²) in [6, 6.07) is 15.7. The molecule has 3 aliphatic rings. The van der Waals surface area contributed by atoms with Gasteiger partial charge in [-0.15, -0.1) is 0 Å². The van der Waals surface area contributed by atoms with E-state index in [4.69, 9.17) is 9.47 Å². The molecule has 178 valence electrons. The predicted octanol–water partition coefficient (Wildman–Crippen LogP) is 3.05. The number of aliphatic carboxylic acids is 1. The maximum absolute atomic E-state index is 13.2. The maximum atomic E-state index is 13.2. The number of fused-ring (bicyclic) bond motifs is 3. The fourth-order valence-electron chi connectivity index (χ4n) is 5.46. The molecule has 1 heterocycles. The van der Waals surface area contributed by atoms with Crippen LogP contribution in [-0.4, -0.2) is 54.5 Å². The molecule has 2 amide bonds. The summed E-state index contributed by atoms with van der Waals surface area (Å²) in [4.78, 5) is 37.5. The molecule has 3 N–H and O–H groups in total. The van der Waals surface area contributed by atoms with Crippen LogP contribution in [0.3, 0.4) is 0 Å². The van der Waals surface area contributed by atoms with Gasteiger partial charge in [-0.25, -0.2) is 4.79 Å². The van der Waals surface area contributed by atoms with Gasteiger partial charge in [-0.1, -0.05) is 55.0 Å². The third kappa shape index (κ3) is 4.03. The fraction of sp³-hybridized carbons (Fsp3) is 0.423. The SMILES string of the molecule is O=C(NC1(C(=O)N[C@@H]2CCC[C@@H]2C(=O)O)CCOC1)OCC1c2ccccc2-c2ccccc21. The summed E-state index contributed by atoms with van der Waals surface area (Å²) in [6.45, 7) is 0.486. The maximum Gasteiger partial charge on any atom is 0.408 e. The van der Waals surface area contributed by atoms with Crippen LogP contribution in [-0.2, 0) is 19.1 Å². The van der Waals surface area contributed by atoms with Gasteiger partial charge in [-0.3, -0.25) is 9.59 Å². The van der Waals surface area contributed by atoms with Crippen LogP contribution in [0.4, 0.5) is 4.79 Å². The Labute approximate surface area is 197 Å². The predicted molar refractivity (Wildman–Crippen MR) is 123 cm³/mol. The summed E-state index contributed by atoms with van der Waals surface area (Å²) in [6.07, 6.45) is 1.48. The Balaban J connectivity index is 1.26. The minimum Gasteiger partial charge on any atom is -0.481 e. The van der Waals surface area contributed by atoms with Gasteiger partial charge in [-0.2, -0.15) is 0 Å². The zero-order chi connectivity index (χ0) is 23.7. The molecule has 0 spiro atoms. The van der Waals surface area contributed by atoms with E-state index in [2.05, 4.69) is 22.8 Å². The van der Waals surface area contributed by atoms with Gasteiger partial charge in [0.25, 0.3) is 0 Å². The number of rotatable bonds is 6. The van der Waals surface area contributed by atoms with Gasteiger partial charge >= 0.3 is 12.1 Å². The van der Waals surface area contributed by atoms with Crippen LogP contribution >= 0.6 is 0 Å². The van der Waals surface area contributed by atoms with E-state index in [-0.39, 0.29) is 19.1 Å². The van der Waals surface area contributed by atoms with E-state index in [9.17, 15) is 19.5 Å². The Morgan fingerprint density at radius 2 is 1.71 bits per heavy atom. The molecule has 0 aromatic heterocycles. The highest BCUT2D eigenvalue weighted by Gasteiger charge is 2.46. The fourth-order valence-corrected chi connectivity index (χ4v) is 5.46. The van der Waals surface area contributed by atoms with Crippen LogP contribution in [0.15, 0.2) is 48.5 Å². The Morgan fingerprint density at radius 3 is 2.32 bits per heavy atom. The second-order valence-corrected chi connectivity index (χ2v) is 9.29. The van der Waals surface area contributed by atoms with E-state index in [1.165, 1.54) is 0 Å². The first-order chi connectivity index (χ1) is 16.5. The second kappa shape index (κ2) is 9.10. The molecule has 1 saturated heterocycles. The van der Waals surface area contributed by atoms with Crippen molar-refractivity contribution < 1.29 is 29.0 Å². The quantitative estimate of drug-likeness (QED) is 0.606. The molecular formula is C26H28N2O6. The smallest absolute Gasteiger partial charge is 0.408 e. The molecule has 3 atom stereocenters. The van der Waals surface area contributed by atoms with Crippen molar-refractivity contribution in [2.24, 2.45) is 5.92 Å². The van der Waals surface area contributed by atoms with Gasteiger partial charge in [0.1, 0.15) is 12.1 Å². The average Bonchev–Trinajstić information content (AvgIpc) is 3.56. The van der Waals surface area contributed by atoms with Crippen LogP contribution in [0.1, 0.15) is 42.7 Å². The third-order valence-corrected chi connectivity index (χ3v) is 7.29. The molecule has 1 aliphatic heterocycles. The summed E-state index contributed by atoms with van der Waals surface area (Å²) in [5, 5.41) is 15.0. The number of amides is 2. The van der Waals surface area contributed by atoms with Crippen LogP contribution in [0.5, 0.6) is 0 Å². The number of nitrogens with one attached hydrogen (secondary N) is 2. The number of hydrogen-bond donors (Lipinski definition) is 3. The largest absolute Gasteiger partial charge is 0.481 e. The van der Waals surface area contributed by atoms with Gasteiger partial charge in [0.15, 0.2) is 0 Å². The van der Waals surface area contributed by atoms with E-state index >= 15 is 0 Å². The van der Waals surface area contributed by atoms with Gasteiger partial charge in [-0.05, 0) is 35.1 Å². The van der Waals surface area contributed by atoms with E-state index < -0.39 is 35.5 Å². The zero-order valence-corrected chi connectivity index (χ0v) is 18.8. The first-order valence-electron chi connectivity index (χ1n) is 11.7. The molecule has 1 unspecified atom stereocenters. The number of hydrogen-bond acceptors (Lipinski definition) is 5. The highest BCUT2D eigenvalue weighted by Crippen LogP contribution is 2.44. The Morgan fingerprint density at radius 1 is 1.03 bits per heavy atom. The summed E-state index contributed by atoms with van der Waals surface area (Å²) in [7, 11) is 0. The summed E-state index contributed by atoms with van der Waals surface area (Å²) in [5.41, 5.74) is 3.21. The van der Waals surface area contributed by atoms with Crippen LogP contribution in [0.2, 0.25) is 0 Å². The molecule has 2 fully saturated rings. The van der Waals surface area contributed by atoms with Crippen LogP contribution in [0.25, 0.3) is 11.1 Å². The minimum absolute atomic E-state index is 0.0213. The van der Waals surface area contributed by atoms with Crippen molar-refractivity contribution in [3.63, 3.8) is 0 Å². The number of carboxylic acids is 1. The summed E-state index contributed by atoms with van der Waals surface area (Å²) in [5.74, 6) is -2.03. The lowest BCUT2D eigenvalue weighted by Gasteiger charge is -2.30. The van der Waals surface area contributed by atoms with E-state index in [1.807, 2.05) is 36.4 Å². The molecule has 34 heavy (non-hydrogen) atoms. The number of benzene rings is 2. The first-order valence-corrected chi connectivity index (χ1v) is 11.7. The van der Waals surface area contributed by atoms with E-state index in [0.29, 0.717) is 25.9 Å². The highest BCUT2D eigenvalue weighted by molar-refractivity contribution is 5.91. The lowest BCUT2D eigenvalue weighted by atomic mass is 9.95. The monoisotopic (exact) mass is 464 g/mol. The number of carbonyl (C=O) groups is 3. The zero-order valence-electron chi connectivity index (χ0n) is 18.8. The van der Waals surface area contributed by atoms with Gasteiger partial charge in [0.05, 0.1) is 12.5 Å². The van der Waals surface area contributed by atoms with Crippen molar-refractivity contribution in [3.8, 4) is 11.1 Å². The number of alkyl carbamates (subject to hydrolysis) is 1. The molecule has 1 saturated carbocycles. The van der Waals surface area contributed by atoms with E-state index in [0.717, 1.165) is 28.7 Å². The molecule has 2 aromatic carbocycles. The number of carboxylic acid groups (broad SMARTS) is 1. The van der Waals surface area contributed by atoms with Crippen molar-refractivity contribution in [2.45, 2.75) is 43.2 Å². The lowest BCUT2D eigenvalue weighted by molar-refractivity contribution is -0.142. The Bertz CT molecular complexity index is 1060. The second-order valence-electron chi connectivity index (χ2n) is 9.29. The molecule has 2 aromatic rings. The minimum atomic E-state index is -1.27. The molecular weight excluding hydrogens is 436 g/mol. The van der Waals surface area contributed by atoms with E-state index in [1.54, 1.807) is 0 Å². The van der Waals surface area contributed by atoms with Gasteiger partial charge in [0, 0.05) is 25.0 Å². The Hall–Kier alpha value is -3.39. The third-order valence-electron chi connectivity index (χ3n) is 7.29. The number of carbonyl (C=O) groups excluding carboxylic acids is 2. The molecule has 8 heteroatoms. The Kier molecular flexibility index (Phi) is 6.00. The lowest BCUT2D eigenvalue weighted by Crippen LogP contribution is -2.61. The summed E-state index contributed by atoms with van der Waals surface area (Å²) >= 11 is 0. The number of ether oxygens (including phenoxy) is 2. The van der Waals surface area contributed by atoms with Crippen molar-refractivity contribution in [3.05, 3.63) is 59.7 Å². The van der Waals surface area contributed by atoms with Crippen molar-refractivity contribution >= 4 is 18.0 Å².